The molecule has 0 bridgehead atoms. The van der Waals surface area contributed by atoms with Crippen LogP contribution in [0.25, 0.3) is 0 Å². The van der Waals surface area contributed by atoms with Gasteiger partial charge in [-0.25, -0.2) is 8.42 Å². The summed E-state index contributed by atoms with van der Waals surface area (Å²) in [5, 5.41) is 0. The van der Waals surface area contributed by atoms with Crippen molar-refractivity contribution in [2.75, 3.05) is 20.1 Å². The molecule has 0 atom stereocenters. The van der Waals surface area contributed by atoms with Gasteiger partial charge in [0.15, 0.2) is 0 Å². The van der Waals surface area contributed by atoms with E-state index >= 15 is 0 Å². The fraction of sp³-hybridized carbons (Fsp3) is 0.240. The molecule has 5 nitrogen and oxygen atoms in total. The minimum absolute atomic E-state index is 0.199. The van der Waals surface area contributed by atoms with Crippen LogP contribution in [0.3, 0.4) is 0 Å². The van der Waals surface area contributed by atoms with Crippen LogP contribution in [-0.2, 0) is 27.8 Å². The Labute approximate surface area is 185 Å². The van der Waals surface area contributed by atoms with Gasteiger partial charge in [-0.15, -0.1) is 0 Å². The van der Waals surface area contributed by atoms with Crippen molar-refractivity contribution in [3.63, 3.8) is 0 Å². The van der Waals surface area contributed by atoms with Crippen LogP contribution in [0.4, 0.5) is 0 Å². The molecule has 0 aliphatic rings. The minimum atomic E-state index is -3.80. The summed E-state index contributed by atoms with van der Waals surface area (Å²) >= 11 is 0. The van der Waals surface area contributed by atoms with E-state index < -0.39 is 10.0 Å². The second kappa shape index (κ2) is 10.4. The quantitative estimate of drug-likeness (QED) is 0.511. The molecule has 0 N–H and O–H groups in total. The van der Waals surface area contributed by atoms with Crippen LogP contribution in [0.1, 0.15) is 16.7 Å². The van der Waals surface area contributed by atoms with E-state index in [-0.39, 0.29) is 23.9 Å². The van der Waals surface area contributed by atoms with Gasteiger partial charge in [0.1, 0.15) is 0 Å². The molecular weight excluding hydrogens is 408 g/mol. The first-order valence-electron chi connectivity index (χ1n) is 10.2. The van der Waals surface area contributed by atoms with E-state index in [2.05, 4.69) is 0 Å². The number of hydrogen-bond acceptors (Lipinski definition) is 3. The van der Waals surface area contributed by atoms with Crippen molar-refractivity contribution in [3.8, 4) is 0 Å². The first kappa shape index (κ1) is 22.7. The number of carbonyl (C=O) groups excluding carboxylic acids is 1. The third-order valence-electron chi connectivity index (χ3n) is 5.15. The number of amides is 1. The van der Waals surface area contributed by atoms with Gasteiger partial charge in [-0.05, 0) is 36.6 Å². The second-order valence-electron chi connectivity index (χ2n) is 7.62. The van der Waals surface area contributed by atoms with Gasteiger partial charge in [0.05, 0.1) is 11.4 Å². The number of aryl methyl sites for hydroxylation is 1. The van der Waals surface area contributed by atoms with Crippen molar-refractivity contribution >= 4 is 15.9 Å². The molecule has 1 amide bonds. The Morgan fingerprint density at radius 1 is 0.806 bits per heavy atom. The number of rotatable bonds is 9. The maximum atomic E-state index is 13.3. The first-order chi connectivity index (χ1) is 14.9. The van der Waals surface area contributed by atoms with E-state index in [1.807, 2.05) is 67.6 Å². The van der Waals surface area contributed by atoms with Crippen molar-refractivity contribution < 1.29 is 13.2 Å². The van der Waals surface area contributed by atoms with Crippen molar-refractivity contribution in [3.05, 3.63) is 102 Å². The Kier molecular flexibility index (Phi) is 7.60. The molecule has 0 aromatic heterocycles. The summed E-state index contributed by atoms with van der Waals surface area (Å²) in [6, 6.07) is 26.1. The zero-order chi connectivity index (χ0) is 22.3. The van der Waals surface area contributed by atoms with E-state index in [1.165, 1.54) is 4.31 Å². The van der Waals surface area contributed by atoms with Gasteiger partial charge in [0.25, 0.3) is 0 Å². The molecule has 0 heterocycles. The van der Waals surface area contributed by atoms with Gasteiger partial charge in [0.2, 0.25) is 15.9 Å². The molecular formula is C25H28N2O3S. The highest BCUT2D eigenvalue weighted by Crippen LogP contribution is 2.18. The van der Waals surface area contributed by atoms with Crippen LogP contribution in [0.2, 0.25) is 0 Å². The number of likely N-dealkylation sites (N-methyl/N-ethyl adjacent to an activating group) is 1. The lowest BCUT2D eigenvalue weighted by atomic mass is 10.1. The molecule has 3 aromatic carbocycles. The summed E-state index contributed by atoms with van der Waals surface area (Å²) in [7, 11) is -2.11. The molecule has 0 aliphatic heterocycles. The molecule has 6 heteroatoms. The van der Waals surface area contributed by atoms with Gasteiger partial charge >= 0.3 is 0 Å². The van der Waals surface area contributed by atoms with E-state index in [1.54, 1.807) is 36.2 Å². The normalized spacial score (nSPS) is 11.5. The van der Waals surface area contributed by atoms with Crippen LogP contribution in [0, 0.1) is 6.92 Å². The third kappa shape index (κ3) is 6.26. The molecule has 0 spiro atoms. The number of hydrogen-bond donors (Lipinski definition) is 0. The zero-order valence-corrected chi connectivity index (χ0v) is 18.8. The Balaban J connectivity index is 1.79. The van der Waals surface area contributed by atoms with Crippen molar-refractivity contribution in [2.24, 2.45) is 0 Å². The molecule has 0 unspecified atom stereocenters. The molecule has 0 saturated carbocycles. The SMILES string of the molecule is Cc1ccc(S(=O)(=O)N(CCc2ccccc2)CC(=O)N(C)Cc2ccccc2)cc1. The molecule has 3 rings (SSSR count). The summed E-state index contributed by atoms with van der Waals surface area (Å²) in [5.74, 6) is -0.243. The highest BCUT2D eigenvalue weighted by Gasteiger charge is 2.27. The first-order valence-corrected chi connectivity index (χ1v) is 11.7. The topological polar surface area (TPSA) is 57.7 Å². The largest absolute Gasteiger partial charge is 0.340 e. The Hall–Kier alpha value is -2.96. The minimum Gasteiger partial charge on any atom is -0.340 e. The molecule has 0 aliphatic carbocycles. The van der Waals surface area contributed by atoms with Crippen LogP contribution < -0.4 is 0 Å². The zero-order valence-electron chi connectivity index (χ0n) is 17.9. The van der Waals surface area contributed by atoms with E-state index in [0.29, 0.717) is 13.0 Å². The Morgan fingerprint density at radius 2 is 1.35 bits per heavy atom. The number of sulfonamides is 1. The van der Waals surface area contributed by atoms with Gasteiger partial charge in [-0.2, -0.15) is 4.31 Å². The standard InChI is InChI=1S/C25H28N2O3S/c1-21-13-15-24(16-14-21)31(29,30)27(18-17-22-9-5-3-6-10-22)20-25(28)26(2)19-23-11-7-4-8-12-23/h3-16H,17-20H2,1-2H3. The van der Waals surface area contributed by atoms with Crippen molar-refractivity contribution in [1.82, 2.24) is 9.21 Å². The predicted octanol–water partition coefficient (Wildman–Crippen LogP) is 3.89. The average molecular weight is 437 g/mol. The summed E-state index contributed by atoms with van der Waals surface area (Å²) in [6.45, 7) is 2.36. The summed E-state index contributed by atoms with van der Waals surface area (Å²) in [4.78, 5) is 14.7. The fourth-order valence-electron chi connectivity index (χ4n) is 3.26. The van der Waals surface area contributed by atoms with E-state index in [0.717, 1.165) is 16.7 Å². The lowest BCUT2D eigenvalue weighted by Crippen LogP contribution is -2.42. The highest BCUT2D eigenvalue weighted by molar-refractivity contribution is 7.89. The second-order valence-corrected chi connectivity index (χ2v) is 9.56. The maximum Gasteiger partial charge on any atom is 0.243 e. The van der Waals surface area contributed by atoms with Crippen molar-refractivity contribution in [2.45, 2.75) is 24.8 Å². The molecule has 0 radical (unpaired) electrons. The smallest absolute Gasteiger partial charge is 0.243 e. The number of carbonyl (C=O) groups is 1. The van der Waals surface area contributed by atoms with Crippen LogP contribution in [0.5, 0.6) is 0 Å². The molecule has 162 valence electrons. The van der Waals surface area contributed by atoms with Gasteiger partial charge in [-0.3, -0.25) is 4.79 Å². The molecule has 0 saturated heterocycles. The Bertz CT molecular complexity index is 1080. The number of nitrogens with zero attached hydrogens (tertiary/aromatic N) is 2. The fourth-order valence-corrected chi connectivity index (χ4v) is 4.65. The van der Waals surface area contributed by atoms with Gasteiger partial charge in [0, 0.05) is 20.1 Å². The Morgan fingerprint density at radius 3 is 1.94 bits per heavy atom. The monoisotopic (exact) mass is 436 g/mol. The van der Waals surface area contributed by atoms with Crippen LogP contribution in [-0.4, -0.2) is 43.7 Å². The van der Waals surface area contributed by atoms with E-state index in [4.69, 9.17) is 0 Å². The average Bonchev–Trinajstić information content (AvgIpc) is 2.78. The highest BCUT2D eigenvalue weighted by atomic mass is 32.2. The van der Waals surface area contributed by atoms with Gasteiger partial charge in [-0.1, -0.05) is 78.4 Å². The van der Waals surface area contributed by atoms with Crippen molar-refractivity contribution in [1.29, 1.82) is 0 Å². The summed E-state index contributed by atoms with van der Waals surface area (Å²) < 4.78 is 28.0. The molecule has 31 heavy (non-hydrogen) atoms. The van der Waals surface area contributed by atoms with E-state index in [9.17, 15) is 13.2 Å². The summed E-state index contributed by atoms with van der Waals surface area (Å²) in [5.41, 5.74) is 3.00. The molecule has 0 fully saturated rings. The summed E-state index contributed by atoms with van der Waals surface area (Å²) in [6.07, 6.45) is 0.529. The lowest BCUT2D eigenvalue weighted by Gasteiger charge is -2.25. The van der Waals surface area contributed by atoms with Crippen LogP contribution >= 0.6 is 0 Å². The third-order valence-corrected chi connectivity index (χ3v) is 7.01. The van der Waals surface area contributed by atoms with Gasteiger partial charge < -0.3 is 4.90 Å². The van der Waals surface area contributed by atoms with Crippen LogP contribution in [0.15, 0.2) is 89.8 Å². The number of benzene rings is 3. The predicted molar refractivity (Wildman–Crippen MR) is 123 cm³/mol. The molecule has 3 aromatic rings. The lowest BCUT2D eigenvalue weighted by molar-refractivity contribution is -0.130. The maximum absolute atomic E-state index is 13.3.